The van der Waals surface area contributed by atoms with Crippen LogP contribution in [0.3, 0.4) is 0 Å². The second kappa shape index (κ2) is 7.77. The molecule has 0 saturated heterocycles. The monoisotopic (exact) mass is 449 g/mol. The molecule has 5 rings (SSSR count). The van der Waals surface area contributed by atoms with E-state index in [-0.39, 0.29) is 17.9 Å². The third-order valence-corrected chi connectivity index (χ3v) is 8.27. The molecule has 2 aliphatic rings. The van der Waals surface area contributed by atoms with Gasteiger partial charge >= 0.3 is 0 Å². The molecule has 3 heterocycles. The highest BCUT2D eigenvalue weighted by molar-refractivity contribution is 7.17. The Balaban J connectivity index is 1.61. The summed E-state index contributed by atoms with van der Waals surface area (Å²) in [4.78, 5) is 29.6. The number of benzene rings is 1. The van der Waals surface area contributed by atoms with E-state index in [2.05, 4.69) is 18.3 Å². The van der Waals surface area contributed by atoms with Crippen LogP contribution < -0.4 is 10.2 Å². The van der Waals surface area contributed by atoms with E-state index < -0.39 is 5.54 Å². The Morgan fingerprint density at radius 1 is 1.16 bits per heavy atom. The Kier molecular flexibility index (Phi) is 5.16. The lowest BCUT2D eigenvalue weighted by molar-refractivity contribution is -0.127. The third kappa shape index (κ3) is 3.27. The Hall–Kier alpha value is -2.60. The fourth-order valence-electron chi connectivity index (χ4n) is 5.50. The number of anilines is 1. The van der Waals surface area contributed by atoms with Gasteiger partial charge in [0.05, 0.1) is 16.8 Å². The van der Waals surface area contributed by atoms with E-state index >= 15 is 0 Å². The minimum atomic E-state index is -1.02. The van der Waals surface area contributed by atoms with E-state index in [1.165, 1.54) is 6.42 Å². The van der Waals surface area contributed by atoms with Gasteiger partial charge in [-0.2, -0.15) is 0 Å². The van der Waals surface area contributed by atoms with Crippen molar-refractivity contribution in [3.05, 3.63) is 52.5 Å². The normalized spacial score (nSPS) is 25.8. The van der Waals surface area contributed by atoms with Crippen LogP contribution in [0.4, 0.5) is 5.69 Å². The lowest BCUT2D eigenvalue weighted by Gasteiger charge is -2.45. The van der Waals surface area contributed by atoms with Crippen LogP contribution in [0.5, 0.6) is 0 Å². The molecular weight excluding hydrogens is 418 g/mol. The number of aryl methyl sites for hydroxylation is 2. The molecule has 3 aromatic rings. The number of rotatable bonds is 3. The van der Waals surface area contributed by atoms with Crippen molar-refractivity contribution in [1.82, 2.24) is 9.88 Å². The molecule has 1 saturated carbocycles. The van der Waals surface area contributed by atoms with Gasteiger partial charge in [-0.15, -0.1) is 11.3 Å². The first-order valence-corrected chi connectivity index (χ1v) is 12.5. The number of aromatic nitrogens is 1. The van der Waals surface area contributed by atoms with Gasteiger partial charge in [0, 0.05) is 11.7 Å². The topological polar surface area (TPSA) is 54.3 Å². The lowest BCUT2D eigenvalue weighted by atomic mass is 9.84. The van der Waals surface area contributed by atoms with Crippen LogP contribution in [0.2, 0.25) is 0 Å². The molecule has 6 heteroatoms. The molecule has 2 aromatic heterocycles. The SMILES string of the molecule is Cc1ccc(N2C(=O)c3cc4sccc4n3CC2(C)C(=O)NC2CCCCC2C)c(C)c1. The summed E-state index contributed by atoms with van der Waals surface area (Å²) in [5.41, 5.74) is 3.62. The summed E-state index contributed by atoms with van der Waals surface area (Å²) in [6, 6.07) is 10.3. The van der Waals surface area contributed by atoms with Crippen molar-refractivity contribution in [2.45, 2.75) is 71.5 Å². The largest absolute Gasteiger partial charge is 0.351 e. The lowest BCUT2D eigenvalue weighted by Crippen LogP contribution is -2.66. The average molecular weight is 450 g/mol. The highest BCUT2D eigenvalue weighted by Crippen LogP contribution is 2.39. The number of fused-ring (bicyclic) bond motifs is 3. The van der Waals surface area contributed by atoms with Crippen LogP contribution in [0, 0.1) is 19.8 Å². The summed E-state index contributed by atoms with van der Waals surface area (Å²) in [5, 5.41) is 5.39. The van der Waals surface area contributed by atoms with Crippen molar-refractivity contribution in [3.8, 4) is 0 Å². The molecule has 1 aliphatic heterocycles. The smallest absolute Gasteiger partial charge is 0.275 e. The van der Waals surface area contributed by atoms with Crippen LogP contribution in [-0.2, 0) is 11.3 Å². The molecule has 0 radical (unpaired) electrons. The van der Waals surface area contributed by atoms with E-state index in [1.807, 2.05) is 55.0 Å². The Morgan fingerprint density at radius 3 is 2.69 bits per heavy atom. The molecule has 1 N–H and O–H groups in total. The molecule has 1 aliphatic carbocycles. The highest BCUT2D eigenvalue weighted by Gasteiger charge is 2.49. The summed E-state index contributed by atoms with van der Waals surface area (Å²) < 4.78 is 3.12. The molecular formula is C26H31N3O2S. The van der Waals surface area contributed by atoms with Gasteiger partial charge < -0.3 is 9.88 Å². The van der Waals surface area contributed by atoms with E-state index in [9.17, 15) is 9.59 Å². The summed E-state index contributed by atoms with van der Waals surface area (Å²) in [5.74, 6) is 0.282. The molecule has 2 amide bonds. The molecule has 5 nitrogen and oxygen atoms in total. The van der Waals surface area contributed by atoms with Crippen LogP contribution in [-0.4, -0.2) is 28.0 Å². The standard InChI is InChI=1S/C26H31N3O2S/c1-16-9-10-20(18(3)13-16)29-24(30)22-14-23-21(11-12-32-23)28(22)15-26(29,4)25(31)27-19-8-6-5-7-17(19)2/h9-14,17,19H,5-8,15H2,1-4H3,(H,27,31). The quantitative estimate of drug-likeness (QED) is 0.579. The zero-order valence-electron chi connectivity index (χ0n) is 19.3. The second-order valence-electron chi connectivity index (χ2n) is 9.83. The number of hydrogen-bond donors (Lipinski definition) is 1. The number of amides is 2. The molecule has 3 atom stereocenters. The zero-order chi connectivity index (χ0) is 22.6. The number of nitrogens with zero attached hydrogens (tertiary/aromatic N) is 2. The first-order chi connectivity index (χ1) is 15.3. The highest BCUT2D eigenvalue weighted by atomic mass is 32.1. The van der Waals surface area contributed by atoms with E-state index in [0.717, 1.165) is 46.3 Å². The molecule has 1 fully saturated rings. The molecule has 3 unspecified atom stereocenters. The van der Waals surface area contributed by atoms with Gasteiger partial charge in [0.1, 0.15) is 11.2 Å². The number of carbonyl (C=O) groups is 2. The van der Waals surface area contributed by atoms with Crippen molar-refractivity contribution in [1.29, 1.82) is 0 Å². The molecule has 0 bridgehead atoms. The van der Waals surface area contributed by atoms with E-state index in [1.54, 1.807) is 16.2 Å². The maximum absolute atomic E-state index is 13.9. The predicted octanol–water partition coefficient (Wildman–Crippen LogP) is 5.43. The van der Waals surface area contributed by atoms with Crippen LogP contribution in [0.25, 0.3) is 10.2 Å². The Morgan fingerprint density at radius 2 is 1.94 bits per heavy atom. The number of carbonyl (C=O) groups excluding carboxylic acids is 2. The molecule has 32 heavy (non-hydrogen) atoms. The summed E-state index contributed by atoms with van der Waals surface area (Å²) in [7, 11) is 0. The maximum Gasteiger partial charge on any atom is 0.275 e. The average Bonchev–Trinajstić information content (AvgIpc) is 3.34. The third-order valence-electron chi connectivity index (χ3n) is 7.41. The summed E-state index contributed by atoms with van der Waals surface area (Å²) in [6.45, 7) is 8.65. The van der Waals surface area contributed by atoms with Crippen molar-refractivity contribution < 1.29 is 9.59 Å². The zero-order valence-corrected chi connectivity index (χ0v) is 20.1. The summed E-state index contributed by atoms with van der Waals surface area (Å²) >= 11 is 1.63. The minimum absolute atomic E-state index is 0.0627. The molecule has 168 valence electrons. The van der Waals surface area contributed by atoms with Crippen molar-refractivity contribution in [2.24, 2.45) is 5.92 Å². The van der Waals surface area contributed by atoms with Crippen LogP contribution in [0.1, 0.15) is 61.1 Å². The maximum atomic E-state index is 13.9. The molecule has 0 spiro atoms. The Labute approximate surface area is 193 Å². The van der Waals surface area contributed by atoms with Gasteiger partial charge in [0.25, 0.3) is 5.91 Å². The fourth-order valence-corrected chi connectivity index (χ4v) is 6.32. The van der Waals surface area contributed by atoms with Gasteiger partial charge in [-0.1, -0.05) is 37.5 Å². The van der Waals surface area contributed by atoms with E-state index in [0.29, 0.717) is 18.2 Å². The fraction of sp³-hybridized carbons (Fsp3) is 0.462. The van der Waals surface area contributed by atoms with Gasteiger partial charge in [-0.3, -0.25) is 14.5 Å². The second-order valence-corrected chi connectivity index (χ2v) is 10.8. The summed E-state index contributed by atoms with van der Waals surface area (Å²) in [6.07, 6.45) is 4.51. The van der Waals surface area contributed by atoms with Crippen molar-refractivity contribution in [3.63, 3.8) is 0 Å². The predicted molar refractivity (Wildman–Crippen MR) is 131 cm³/mol. The van der Waals surface area contributed by atoms with Crippen molar-refractivity contribution >= 4 is 39.1 Å². The van der Waals surface area contributed by atoms with Gasteiger partial charge in [0.2, 0.25) is 5.91 Å². The number of nitrogens with one attached hydrogen (secondary N) is 1. The van der Waals surface area contributed by atoms with Gasteiger partial charge in [0.15, 0.2) is 0 Å². The molecule has 1 aromatic carbocycles. The van der Waals surface area contributed by atoms with Crippen LogP contribution >= 0.6 is 11.3 Å². The van der Waals surface area contributed by atoms with Crippen LogP contribution in [0.15, 0.2) is 35.7 Å². The van der Waals surface area contributed by atoms with Crippen molar-refractivity contribution in [2.75, 3.05) is 4.90 Å². The minimum Gasteiger partial charge on any atom is -0.351 e. The Bertz CT molecular complexity index is 1210. The van der Waals surface area contributed by atoms with Gasteiger partial charge in [-0.25, -0.2) is 0 Å². The number of thiophene rings is 1. The van der Waals surface area contributed by atoms with Gasteiger partial charge in [-0.05, 0) is 68.7 Å². The van der Waals surface area contributed by atoms with E-state index in [4.69, 9.17) is 0 Å². The first kappa shape index (κ1) is 21.3. The number of hydrogen-bond acceptors (Lipinski definition) is 3. The first-order valence-electron chi connectivity index (χ1n) is 11.6.